The first-order valence-electron chi connectivity index (χ1n) is 4.17. The number of imidazole rings is 1. The average Bonchev–Trinajstić information content (AvgIpc) is 2.71. The Hall–Kier alpha value is -1.65. The third-order valence-electron chi connectivity index (χ3n) is 2.00. The lowest BCUT2D eigenvalue weighted by Crippen LogP contribution is -1.99. The summed E-state index contributed by atoms with van der Waals surface area (Å²) in [5.41, 5.74) is 0.986. The van der Waals surface area contributed by atoms with E-state index in [9.17, 15) is 0 Å². The van der Waals surface area contributed by atoms with Crippen LogP contribution in [0.4, 0.5) is 0 Å². The molecule has 2 aromatic rings. The van der Waals surface area contributed by atoms with E-state index in [2.05, 4.69) is 22.1 Å². The lowest BCUT2D eigenvalue weighted by Gasteiger charge is -2.02. The van der Waals surface area contributed by atoms with Gasteiger partial charge in [0.25, 0.3) is 0 Å². The van der Waals surface area contributed by atoms with Crippen LogP contribution in [0.1, 0.15) is 6.92 Å². The zero-order valence-corrected chi connectivity index (χ0v) is 7.68. The van der Waals surface area contributed by atoms with Crippen LogP contribution in [0.3, 0.4) is 0 Å². The molecule has 0 aromatic carbocycles. The van der Waals surface area contributed by atoms with E-state index in [1.807, 2.05) is 16.2 Å². The summed E-state index contributed by atoms with van der Waals surface area (Å²) in [5.74, 6) is 0.863. The zero-order valence-electron chi connectivity index (χ0n) is 7.68. The second kappa shape index (κ2) is 3.01. The highest BCUT2D eigenvalue weighted by Gasteiger charge is 2.08. The highest BCUT2D eigenvalue weighted by Crippen LogP contribution is 2.14. The van der Waals surface area contributed by atoms with Crippen LogP contribution in [0.25, 0.3) is 11.5 Å². The zero-order chi connectivity index (χ0) is 9.26. The van der Waals surface area contributed by atoms with E-state index in [1.165, 1.54) is 0 Å². The molecule has 0 radical (unpaired) electrons. The monoisotopic (exact) mass is 177 g/mol. The van der Waals surface area contributed by atoms with E-state index in [4.69, 9.17) is 0 Å². The fourth-order valence-corrected chi connectivity index (χ4v) is 1.26. The molecule has 2 aromatic heterocycles. The fraction of sp³-hybridized carbons (Fsp3) is 0.375. The number of aryl methyl sites for hydroxylation is 2. The molecular weight excluding hydrogens is 166 g/mol. The Labute approximate surface area is 76.0 Å². The van der Waals surface area contributed by atoms with Gasteiger partial charge in [-0.2, -0.15) is 0 Å². The summed E-state index contributed by atoms with van der Waals surface area (Å²) >= 11 is 0. The van der Waals surface area contributed by atoms with Crippen LogP contribution in [0.2, 0.25) is 0 Å². The molecule has 0 spiro atoms. The molecule has 0 bridgehead atoms. The summed E-state index contributed by atoms with van der Waals surface area (Å²) in [4.78, 5) is 4.03. The van der Waals surface area contributed by atoms with Gasteiger partial charge in [0, 0.05) is 13.6 Å². The molecular formula is C8H11N5. The quantitative estimate of drug-likeness (QED) is 0.678. The van der Waals surface area contributed by atoms with E-state index in [0.717, 1.165) is 18.1 Å². The Bertz CT molecular complexity index is 400. The van der Waals surface area contributed by atoms with E-state index in [0.29, 0.717) is 0 Å². The van der Waals surface area contributed by atoms with Gasteiger partial charge in [-0.05, 0) is 6.92 Å². The molecule has 2 heterocycles. The lowest BCUT2D eigenvalue weighted by atomic mass is 10.4. The molecule has 0 atom stereocenters. The largest absolute Gasteiger partial charge is 0.331 e. The summed E-state index contributed by atoms with van der Waals surface area (Å²) in [7, 11) is 1.94. The number of hydrogen-bond donors (Lipinski definition) is 0. The normalized spacial score (nSPS) is 10.6. The van der Waals surface area contributed by atoms with Crippen LogP contribution in [0, 0.1) is 0 Å². The highest BCUT2D eigenvalue weighted by molar-refractivity contribution is 5.48. The molecule has 0 amide bonds. The summed E-state index contributed by atoms with van der Waals surface area (Å²) in [6.45, 7) is 2.93. The van der Waals surface area contributed by atoms with Gasteiger partial charge < -0.3 is 9.13 Å². The van der Waals surface area contributed by atoms with Gasteiger partial charge in [0.2, 0.25) is 0 Å². The molecule has 13 heavy (non-hydrogen) atoms. The van der Waals surface area contributed by atoms with Crippen LogP contribution in [0.15, 0.2) is 18.9 Å². The molecule has 2 rings (SSSR count). The highest BCUT2D eigenvalue weighted by atomic mass is 15.3. The Kier molecular flexibility index (Phi) is 1.84. The van der Waals surface area contributed by atoms with Gasteiger partial charge in [-0.15, -0.1) is 10.2 Å². The van der Waals surface area contributed by atoms with Gasteiger partial charge in [-0.25, -0.2) is 4.98 Å². The van der Waals surface area contributed by atoms with Crippen LogP contribution in [-0.2, 0) is 13.6 Å². The van der Waals surface area contributed by atoms with Crippen molar-refractivity contribution >= 4 is 0 Å². The Morgan fingerprint density at radius 1 is 1.38 bits per heavy atom. The first kappa shape index (κ1) is 7.97. The van der Waals surface area contributed by atoms with Crippen LogP contribution >= 0.6 is 0 Å². The fourth-order valence-electron chi connectivity index (χ4n) is 1.26. The smallest absolute Gasteiger partial charge is 0.182 e. The van der Waals surface area contributed by atoms with Gasteiger partial charge in [0.15, 0.2) is 5.82 Å². The second-order valence-corrected chi connectivity index (χ2v) is 2.83. The average molecular weight is 177 g/mol. The van der Waals surface area contributed by atoms with Gasteiger partial charge in [-0.1, -0.05) is 0 Å². The standard InChI is InChI=1S/C8H11N5/c1-3-13-6-10-11-8(13)7-4-9-5-12(7)2/h4-6H,3H2,1-2H3. The predicted molar refractivity (Wildman–Crippen MR) is 47.9 cm³/mol. The third kappa shape index (κ3) is 1.22. The summed E-state index contributed by atoms with van der Waals surface area (Å²) in [6, 6.07) is 0. The van der Waals surface area contributed by atoms with E-state index < -0.39 is 0 Å². The Morgan fingerprint density at radius 3 is 2.85 bits per heavy atom. The molecule has 0 unspecified atom stereocenters. The van der Waals surface area contributed by atoms with Crippen molar-refractivity contribution in [2.75, 3.05) is 0 Å². The Balaban J connectivity index is 2.52. The molecule has 0 saturated carbocycles. The number of rotatable bonds is 2. The molecule has 5 heteroatoms. The maximum Gasteiger partial charge on any atom is 0.182 e. The molecule has 0 saturated heterocycles. The maximum absolute atomic E-state index is 4.04. The number of nitrogens with zero attached hydrogens (tertiary/aromatic N) is 5. The molecule has 0 N–H and O–H groups in total. The van der Waals surface area contributed by atoms with Crippen molar-refractivity contribution < 1.29 is 0 Å². The minimum atomic E-state index is 0.863. The van der Waals surface area contributed by atoms with Gasteiger partial charge in [-0.3, -0.25) is 0 Å². The van der Waals surface area contributed by atoms with E-state index in [-0.39, 0.29) is 0 Å². The van der Waals surface area contributed by atoms with Gasteiger partial charge in [0.1, 0.15) is 12.0 Å². The lowest BCUT2D eigenvalue weighted by molar-refractivity contribution is 0.757. The Morgan fingerprint density at radius 2 is 2.23 bits per heavy atom. The molecule has 0 aliphatic carbocycles. The van der Waals surface area contributed by atoms with Crippen LogP contribution in [-0.4, -0.2) is 24.3 Å². The second-order valence-electron chi connectivity index (χ2n) is 2.83. The van der Waals surface area contributed by atoms with Crippen LogP contribution < -0.4 is 0 Å². The SMILES string of the molecule is CCn1cnnc1-c1cncn1C. The minimum Gasteiger partial charge on any atom is -0.331 e. The minimum absolute atomic E-state index is 0.863. The third-order valence-corrected chi connectivity index (χ3v) is 2.00. The van der Waals surface area contributed by atoms with Crippen LogP contribution in [0.5, 0.6) is 0 Å². The van der Waals surface area contributed by atoms with Crippen molar-refractivity contribution in [1.29, 1.82) is 0 Å². The van der Waals surface area contributed by atoms with Gasteiger partial charge in [0.05, 0.1) is 12.5 Å². The summed E-state index contributed by atoms with van der Waals surface area (Å²) < 4.78 is 3.91. The summed E-state index contributed by atoms with van der Waals surface area (Å²) in [6.07, 6.45) is 5.27. The molecule has 0 aliphatic rings. The maximum atomic E-state index is 4.04. The topological polar surface area (TPSA) is 48.5 Å². The van der Waals surface area contributed by atoms with E-state index >= 15 is 0 Å². The van der Waals surface area contributed by atoms with E-state index in [1.54, 1.807) is 18.9 Å². The molecule has 5 nitrogen and oxygen atoms in total. The van der Waals surface area contributed by atoms with Crippen molar-refractivity contribution in [1.82, 2.24) is 24.3 Å². The van der Waals surface area contributed by atoms with Crippen molar-refractivity contribution in [2.24, 2.45) is 7.05 Å². The van der Waals surface area contributed by atoms with Crippen molar-refractivity contribution in [3.05, 3.63) is 18.9 Å². The number of aromatic nitrogens is 5. The molecule has 68 valence electrons. The van der Waals surface area contributed by atoms with Crippen molar-refractivity contribution in [3.63, 3.8) is 0 Å². The van der Waals surface area contributed by atoms with Crippen molar-refractivity contribution in [2.45, 2.75) is 13.5 Å². The molecule has 0 aliphatic heterocycles. The first-order valence-corrected chi connectivity index (χ1v) is 4.17. The van der Waals surface area contributed by atoms with Crippen molar-refractivity contribution in [3.8, 4) is 11.5 Å². The molecule has 0 fully saturated rings. The summed E-state index contributed by atoms with van der Waals surface area (Å²) in [5, 5.41) is 7.90. The van der Waals surface area contributed by atoms with Gasteiger partial charge >= 0.3 is 0 Å². The number of hydrogen-bond acceptors (Lipinski definition) is 3. The first-order chi connectivity index (χ1) is 6.33. The predicted octanol–water partition coefficient (Wildman–Crippen LogP) is 0.698.